The largest absolute Gasteiger partial charge is 0.377 e. The van der Waals surface area contributed by atoms with E-state index in [2.05, 4.69) is 26.1 Å². The van der Waals surface area contributed by atoms with Gasteiger partial charge in [-0.3, -0.25) is 0 Å². The Morgan fingerprint density at radius 3 is 2.62 bits per heavy atom. The molecule has 0 aliphatic carbocycles. The van der Waals surface area contributed by atoms with Gasteiger partial charge in [-0.05, 0) is 26.7 Å². The van der Waals surface area contributed by atoms with E-state index in [0.717, 1.165) is 6.61 Å². The van der Waals surface area contributed by atoms with Crippen molar-refractivity contribution in [1.29, 1.82) is 0 Å². The summed E-state index contributed by atoms with van der Waals surface area (Å²) in [4.78, 5) is 0. The van der Waals surface area contributed by atoms with Gasteiger partial charge < -0.3 is 10.1 Å². The van der Waals surface area contributed by atoms with Crippen molar-refractivity contribution >= 4 is 0 Å². The molecule has 1 N–H and O–H groups in total. The Hall–Kier alpha value is -0.0800. The van der Waals surface area contributed by atoms with Crippen molar-refractivity contribution in [3.8, 4) is 0 Å². The number of ether oxygens (including phenoxy) is 1. The zero-order chi connectivity index (χ0) is 11.8. The van der Waals surface area contributed by atoms with E-state index >= 15 is 0 Å². The molecule has 1 rings (SSSR count). The van der Waals surface area contributed by atoms with Gasteiger partial charge in [-0.15, -0.1) is 0 Å². The maximum atomic E-state index is 5.56. The van der Waals surface area contributed by atoms with Gasteiger partial charge in [0.2, 0.25) is 0 Å². The second-order valence-corrected chi connectivity index (χ2v) is 5.24. The summed E-state index contributed by atoms with van der Waals surface area (Å²) in [5, 5.41) is 3.69. The summed E-state index contributed by atoms with van der Waals surface area (Å²) in [6, 6.07) is 1.24. The molecule has 0 aromatic rings. The minimum Gasteiger partial charge on any atom is -0.377 e. The highest BCUT2D eigenvalue weighted by Gasteiger charge is 2.24. The molecule has 0 radical (unpaired) electrons. The molecule has 1 aliphatic rings. The van der Waals surface area contributed by atoms with Crippen molar-refractivity contribution in [3.05, 3.63) is 0 Å². The van der Waals surface area contributed by atoms with Gasteiger partial charge in [0.15, 0.2) is 0 Å². The third kappa shape index (κ3) is 5.31. The molecule has 0 bridgehead atoms. The number of unbranched alkanes of at least 4 members (excludes halogenated alkanes) is 4. The van der Waals surface area contributed by atoms with Gasteiger partial charge in [0, 0.05) is 18.7 Å². The normalized spacial score (nSPS) is 27.2. The predicted molar refractivity (Wildman–Crippen MR) is 69.8 cm³/mol. The second-order valence-electron chi connectivity index (χ2n) is 5.24. The fraction of sp³-hybridized carbons (Fsp3) is 1.00. The van der Waals surface area contributed by atoms with Gasteiger partial charge in [-0.25, -0.2) is 0 Å². The number of nitrogens with one attached hydrogen (secondary N) is 1. The van der Waals surface area contributed by atoms with Gasteiger partial charge >= 0.3 is 0 Å². The van der Waals surface area contributed by atoms with Crippen molar-refractivity contribution in [2.75, 3.05) is 6.61 Å². The van der Waals surface area contributed by atoms with Crippen molar-refractivity contribution in [3.63, 3.8) is 0 Å². The molecule has 2 nitrogen and oxygen atoms in total. The molecule has 2 heteroatoms. The van der Waals surface area contributed by atoms with Crippen LogP contribution in [0.5, 0.6) is 0 Å². The van der Waals surface area contributed by atoms with E-state index in [-0.39, 0.29) is 0 Å². The average molecular weight is 227 g/mol. The maximum absolute atomic E-state index is 5.56. The Kier molecular flexibility index (Phi) is 7.06. The van der Waals surface area contributed by atoms with Crippen LogP contribution in [0, 0.1) is 0 Å². The molecule has 1 aliphatic heterocycles. The lowest BCUT2D eigenvalue weighted by atomic mass is 10.1. The Bertz CT molecular complexity index is 172. The maximum Gasteiger partial charge on any atom is 0.0700 e. The molecular weight excluding hydrogens is 198 g/mol. The molecule has 1 fully saturated rings. The van der Waals surface area contributed by atoms with Crippen molar-refractivity contribution < 1.29 is 4.74 Å². The first-order valence-corrected chi connectivity index (χ1v) is 7.11. The number of rotatable bonds is 8. The highest BCUT2D eigenvalue weighted by molar-refractivity contribution is 4.81. The van der Waals surface area contributed by atoms with Crippen LogP contribution >= 0.6 is 0 Å². The quantitative estimate of drug-likeness (QED) is 0.641. The molecule has 3 atom stereocenters. The molecule has 0 amide bonds. The van der Waals surface area contributed by atoms with Crippen LogP contribution in [0.15, 0.2) is 0 Å². The van der Waals surface area contributed by atoms with Crippen molar-refractivity contribution in [1.82, 2.24) is 5.32 Å². The molecule has 0 aromatic carbocycles. The second kappa shape index (κ2) is 8.08. The lowest BCUT2D eigenvalue weighted by Crippen LogP contribution is -2.40. The highest BCUT2D eigenvalue weighted by atomic mass is 16.5. The van der Waals surface area contributed by atoms with E-state index in [1.165, 1.54) is 44.9 Å². The van der Waals surface area contributed by atoms with E-state index in [1.54, 1.807) is 0 Å². The van der Waals surface area contributed by atoms with Crippen LogP contribution in [0.4, 0.5) is 0 Å². The molecular formula is C14H29NO. The summed E-state index contributed by atoms with van der Waals surface area (Å²) in [7, 11) is 0. The predicted octanol–water partition coefficient (Wildman–Crippen LogP) is 3.50. The summed E-state index contributed by atoms with van der Waals surface area (Å²) < 4.78 is 5.56. The minimum absolute atomic E-state index is 0.405. The van der Waals surface area contributed by atoms with Gasteiger partial charge in [-0.2, -0.15) is 0 Å². The van der Waals surface area contributed by atoms with Crippen LogP contribution in [-0.4, -0.2) is 24.8 Å². The molecule has 0 aromatic heterocycles. The first kappa shape index (κ1) is 14.0. The third-order valence-electron chi connectivity index (χ3n) is 3.62. The van der Waals surface area contributed by atoms with E-state index in [1.807, 2.05) is 0 Å². The number of hydrogen-bond acceptors (Lipinski definition) is 2. The van der Waals surface area contributed by atoms with Gasteiger partial charge in [0.05, 0.1) is 6.10 Å². The molecule has 1 heterocycles. The van der Waals surface area contributed by atoms with Crippen molar-refractivity contribution in [2.45, 2.75) is 83.9 Å². The first-order valence-electron chi connectivity index (χ1n) is 7.11. The summed E-state index contributed by atoms with van der Waals surface area (Å²) in [5.74, 6) is 0. The number of hydrogen-bond donors (Lipinski definition) is 1. The lowest BCUT2D eigenvalue weighted by Gasteiger charge is -2.21. The standard InChI is InChI=1S/C14H29NO/c1-4-5-6-7-8-9-12(2)15-14-10-11-16-13(14)3/h12-15H,4-11H2,1-3H3. The van der Waals surface area contributed by atoms with Crippen molar-refractivity contribution in [2.24, 2.45) is 0 Å². The molecule has 0 saturated carbocycles. The summed E-state index contributed by atoms with van der Waals surface area (Å²) in [5.41, 5.74) is 0. The topological polar surface area (TPSA) is 21.3 Å². The van der Waals surface area contributed by atoms with E-state index in [9.17, 15) is 0 Å². The molecule has 0 spiro atoms. The van der Waals surface area contributed by atoms with E-state index < -0.39 is 0 Å². The molecule has 3 unspecified atom stereocenters. The molecule has 96 valence electrons. The Balaban J connectivity index is 1.99. The van der Waals surface area contributed by atoms with Crippen LogP contribution in [0.2, 0.25) is 0 Å². The van der Waals surface area contributed by atoms with Crippen LogP contribution in [-0.2, 0) is 4.74 Å². The zero-order valence-corrected chi connectivity index (χ0v) is 11.3. The van der Waals surface area contributed by atoms with Crippen LogP contribution in [0.1, 0.15) is 65.7 Å². The molecule has 16 heavy (non-hydrogen) atoms. The zero-order valence-electron chi connectivity index (χ0n) is 11.3. The van der Waals surface area contributed by atoms with Gasteiger partial charge in [-0.1, -0.05) is 39.0 Å². The van der Waals surface area contributed by atoms with Crippen LogP contribution in [0.25, 0.3) is 0 Å². The average Bonchev–Trinajstić information content (AvgIpc) is 2.64. The lowest BCUT2D eigenvalue weighted by molar-refractivity contribution is 0.111. The SMILES string of the molecule is CCCCCCCC(C)NC1CCOC1C. The summed E-state index contributed by atoms with van der Waals surface area (Å²) in [6.07, 6.45) is 9.82. The minimum atomic E-state index is 0.405. The Labute approximate surface area is 101 Å². The van der Waals surface area contributed by atoms with Gasteiger partial charge in [0.25, 0.3) is 0 Å². The van der Waals surface area contributed by atoms with Crippen LogP contribution in [0.3, 0.4) is 0 Å². The van der Waals surface area contributed by atoms with E-state index in [0.29, 0.717) is 18.2 Å². The fourth-order valence-corrected chi connectivity index (χ4v) is 2.45. The van der Waals surface area contributed by atoms with E-state index in [4.69, 9.17) is 4.74 Å². The monoisotopic (exact) mass is 227 g/mol. The Morgan fingerprint density at radius 2 is 2.00 bits per heavy atom. The summed E-state index contributed by atoms with van der Waals surface area (Å²) in [6.45, 7) is 7.69. The Morgan fingerprint density at radius 1 is 1.25 bits per heavy atom. The summed E-state index contributed by atoms with van der Waals surface area (Å²) >= 11 is 0. The first-order chi connectivity index (χ1) is 7.74. The van der Waals surface area contributed by atoms with Gasteiger partial charge in [0.1, 0.15) is 0 Å². The van der Waals surface area contributed by atoms with Crippen LogP contribution < -0.4 is 5.32 Å². The fourth-order valence-electron chi connectivity index (χ4n) is 2.45. The smallest absolute Gasteiger partial charge is 0.0700 e. The third-order valence-corrected chi connectivity index (χ3v) is 3.62. The molecule has 1 saturated heterocycles. The highest BCUT2D eigenvalue weighted by Crippen LogP contribution is 2.15.